The lowest BCUT2D eigenvalue weighted by atomic mass is 9.96. The topological polar surface area (TPSA) is 249 Å². The third kappa shape index (κ3) is 15.2. The second kappa shape index (κ2) is 25.6. The number of phenolic OH excluding ortho intramolecular Hbond substituents is 3. The summed E-state index contributed by atoms with van der Waals surface area (Å²) in [5, 5.41) is 59.3. The Morgan fingerprint density at radius 3 is 1.70 bits per heavy atom. The number of hydrogen-bond acceptors (Lipinski definition) is 11. The average Bonchev–Trinajstić information content (AvgIpc) is 3.80. The summed E-state index contributed by atoms with van der Waals surface area (Å²) in [6.07, 6.45) is 4.44. The fraction of sp³-hybridized carbons (Fsp3) is 0.520. The molecule has 3 aromatic rings. The highest BCUT2D eigenvalue weighted by Gasteiger charge is 2.43. The zero-order valence-electron chi connectivity index (χ0n) is 39.6. The van der Waals surface area contributed by atoms with Crippen LogP contribution in [0.4, 0.5) is 0 Å². The molecule has 3 aromatic carbocycles. The number of rotatable bonds is 25. The molecule has 1 heterocycles. The summed E-state index contributed by atoms with van der Waals surface area (Å²) in [5.41, 5.74) is 1.72. The first-order valence-corrected chi connectivity index (χ1v) is 23.2. The maximum Gasteiger partial charge on any atom is 0.326 e. The van der Waals surface area contributed by atoms with E-state index < -0.39 is 83.8 Å². The number of unbranched alkanes of at least 4 members (excludes halogenated alkanes) is 4. The smallest absolute Gasteiger partial charge is 0.326 e. The zero-order valence-corrected chi connectivity index (χ0v) is 39.6. The van der Waals surface area contributed by atoms with Crippen LogP contribution in [0, 0.1) is 5.92 Å². The van der Waals surface area contributed by atoms with E-state index in [4.69, 9.17) is 0 Å². The highest BCUT2D eigenvalue weighted by atomic mass is 16.4. The van der Waals surface area contributed by atoms with Gasteiger partial charge in [0.15, 0.2) is 0 Å². The van der Waals surface area contributed by atoms with Gasteiger partial charge in [0.1, 0.15) is 53.6 Å². The van der Waals surface area contributed by atoms with Crippen LogP contribution in [0.25, 0.3) is 0 Å². The Kier molecular flexibility index (Phi) is 20.4. The molecule has 0 aromatic heterocycles. The minimum absolute atomic E-state index is 0.000128. The predicted octanol–water partition coefficient (Wildman–Crippen LogP) is 3.50. The number of phenols is 3. The molecule has 7 atom stereocenters. The first-order chi connectivity index (χ1) is 31.9. The SMILES string of the molecule is CCCCCCCC(NC)C(O)C(=O)NC(Cc1ccc(O)cc1)C(=O)N(C)C(C(=O)N(C)C(Cc1ccc(O)cc1)C(=O)N1CCCC1C(=O)NC(Cc1ccc(O)cc1)C(=O)O)C(C)C. The van der Waals surface area contributed by atoms with Gasteiger partial charge in [-0.3, -0.25) is 24.0 Å². The number of carbonyl (C=O) groups is 6. The van der Waals surface area contributed by atoms with Gasteiger partial charge in [-0.1, -0.05) is 89.3 Å². The molecule has 8 N–H and O–H groups in total. The zero-order chi connectivity index (χ0) is 49.4. The Labute approximate surface area is 393 Å². The number of nitrogens with one attached hydrogen (secondary N) is 3. The maximum absolute atomic E-state index is 14.9. The summed E-state index contributed by atoms with van der Waals surface area (Å²) in [7, 11) is 4.53. The normalized spacial score (nSPS) is 16.3. The number of aliphatic hydroxyl groups is 1. The van der Waals surface area contributed by atoms with Crippen molar-refractivity contribution in [1.82, 2.24) is 30.7 Å². The lowest BCUT2D eigenvalue weighted by molar-refractivity contribution is -0.153. The number of nitrogens with zero attached hydrogens (tertiary/aromatic N) is 3. The number of aromatic hydroxyl groups is 3. The summed E-state index contributed by atoms with van der Waals surface area (Å²) < 4.78 is 0. The highest BCUT2D eigenvalue weighted by molar-refractivity contribution is 5.97. The summed E-state index contributed by atoms with van der Waals surface area (Å²) in [4.78, 5) is 88.1. The van der Waals surface area contributed by atoms with Gasteiger partial charge in [0, 0.05) is 45.9 Å². The second-order valence-corrected chi connectivity index (χ2v) is 17.9. The number of aliphatic hydroxyl groups excluding tert-OH is 1. The fourth-order valence-corrected chi connectivity index (χ4v) is 8.65. The van der Waals surface area contributed by atoms with Crippen LogP contribution < -0.4 is 16.0 Å². The van der Waals surface area contributed by atoms with Crippen LogP contribution >= 0.6 is 0 Å². The van der Waals surface area contributed by atoms with Gasteiger partial charge in [-0.05, 0) is 85.3 Å². The second-order valence-electron chi connectivity index (χ2n) is 17.9. The Morgan fingerprint density at radius 1 is 0.701 bits per heavy atom. The summed E-state index contributed by atoms with van der Waals surface area (Å²) in [6, 6.07) is 11.5. The molecule has 7 unspecified atom stereocenters. The Bertz CT molecular complexity index is 2100. The molecule has 0 spiro atoms. The van der Waals surface area contributed by atoms with Gasteiger partial charge in [0.05, 0.1) is 0 Å². The van der Waals surface area contributed by atoms with Crippen LogP contribution in [-0.2, 0) is 48.0 Å². The minimum atomic E-state index is -1.50. The monoisotopic (exact) mass is 931 g/mol. The lowest BCUT2D eigenvalue weighted by Crippen LogP contribution is -2.61. The Hall–Kier alpha value is -6.20. The molecule has 0 radical (unpaired) electrons. The van der Waals surface area contributed by atoms with E-state index in [-0.39, 0.29) is 49.5 Å². The Balaban J connectivity index is 1.62. The molecule has 17 nitrogen and oxygen atoms in total. The molecular formula is C50H70N6O11. The third-order valence-corrected chi connectivity index (χ3v) is 12.6. The van der Waals surface area contributed by atoms with E-state index in [1.807, 2.05) is 0 Å². The number of amides is 5. The number of carboxylic acid groups (broad SMARTS) is 1. The van der Waals surface area contributed by atoms with Crippen molar-refractivity contribution in [3.8, 4) is 17.2 Å². The van der Waals surface area contributed by atoms with Crippen LogP contribution in [0.1, 0.15) is 88.8 Å². The molecule has 0 saturated carbocycles. The van der Waals surface area contributed by atoms with E-state index in [0.717, 1.165) is 32.1 Å². The van der Waals surface area contributed by atoms with E-state index in [1.54, 1.807) is 57.3 Å². The number of carbonyl (C=O) groups excluding carboxylic acids is 5. The molecule has 0 aliphatic carbocycles. The van der Waals surface area contributed by atoms with Crippen molar-refractivity contribution in [3.05, 3.63) is 89.5 Å². The van der Waals surface area contributed by atoms with Crippen LogP contribution in [-0.4, -0.2) is 146 Å². The van der Waals surface area contributed by atoms with Crippen molar-refractivity contribution in [2.45, 2.75) is 134 Å². The maximum atomic E-state index is 14.9. The van der Waals surface area contributed by atoms with Gasteiger partial charge >= 0.3 is 5.97 Å². The van der Waals surface area contributed by atoms with E-state index in [1.165, 1.54) is 65.2 Å². The first kappa shape index (κ1) is 53.4. The molecule has 1 aliphatic rings. The number of likely N-dealkylation sites (N-methyl/N-ethyl adjacent to an activating group) is 3. The molecule has 0 bridgehead atoms. The molecular weight excluding hydrogens is 861 g/mol. The number of likely N-dealkylation sites (tertiary alicyclic amines) is 1. The number of benzene rings is 3. The quantitative estimate of drug-likeness (QED) is 0.0569. The average molecular weight is 931 g/mol. The fourth-order valence-electron chi connectivity index (χ4n) is 8.65. The van der Waals surface area contributed by atoms with Gasteiger partial charge in [-0.2, -0.15) is 0 Å². The summed E-state index contributed by atoms with van der Waals surface area (Å²) in [6.45, 7) is 5.74. The van der Waals surface area contributed by atoms with Crippen molar-refractivity contribution in [1.29, 1.82) is 0 Å². The molecule has 4 rings (SSSR count). The molecule has 17 heteroatoms. The molecule has 1 aliphatic heterocycles. The van der Waals surface area contributed by atoms with E-state index in [2.05, 4.69) is 22.9 Å². The van der Waals surface area contributed by atoms with Gasteiger partial charge < -0.3 is 56.2 Å². The number of aliphatic carboxylic acids is 1. The van der Waals surface area contributed by atoms with Crippen LogP contribution in [0.3, 0.4) is 0 Å². The van der Waals surface area contributed by atoms with E-state index in [9.17, 15) is 54.3 Å². The van der Waals surface area contributed by atoms with Crippen molar-refractivity contribution in [2.24, 2.45) is 5.92 Å². The standard InChI is InChI=1S/C50H70N6O11/c1-7-8-9-10-11-13-38(51-4)44(60)46(62)52-39(28-32-15-21-35(57)22-16-32)47(63)55(6)43(31(2)3)49(65)54(5)42(30-34-19-25-37(59)26-20-34)48(64)56-27-12-14-41(56)45(61)53-40(50(66)67)29-33-17-23-36(58)24-18-33/h15-26,31,38-44,51,57-60H,7-14,27-30H2,1-6H3,(H,52,62)(H,53,61)(H,66,67). The summed E-state index contributed by atoms with van der Waals surface area (Å²) in [5.74, 6) is -5.14. The van der Waals surface area contributed by atoms with E-state index >= 15 is 0 Å². The Morgan fingerprint density at radius 2 is 1.21 bits per heavy atom. The number of hydrogen-bond donors (Lipinski definition) is 8. The minimum Gasteiger partial charge on any atom is -0.508 e. The van der Waals surface area contributed by atoms with Crippen molar-refractivity contribution in [3.63, 3.8) is 0 Å². The third-order valence-electron chi connectivity index (χ3n) is 12.6. The van der Waals surface area contributed by atoms with Crippen molar-refractivity contribution in [2.75, 3.05) is 27.7 Å². The van der Waals surface area contributed by atoms with Crippen molar-refractivity contribution >= 4 is 35.5 Å². The van der Waals surface area contributed by atoms with Gasteiger partial charge in [0.2, 0.25) is 23.6 Å². The first-order valence-electron chi connectivity index (χ1n) is 23.2. The lowest BCUT2D eigenvalue weighted by Gasteiger charge is -2.39. The van der Waals surface area contributed by atoms with Gasteiger partial charge in [-0.15, -0.1) is 0 Å². The molecule has 1 saturated heterocycles. The largest absolute Gasteiger partial charge is 0.508 e. The van der Waals surface area contributed by atoms with Gasteiger partial charge in [-0.25, -0.2) is 4.79 Å². The van der Waals surface area contributed by atoms with E-state index in [0.29, 0.717) is 29.5 Å². The summed E-state index contributed by atoms with van der Waals surface area (Å²) >= 11 is 0. The highest BCUT2D eigenvalue weighted by Crippen LogP contribution is 2.25. The van der Waals surface area contributed by atoms with Crippen molar-refractivity contribution < 1.29 is 54.3 Å². The molecule has 1 fully saturated rings. The number of carboxylic acids is 1. The van der Waals surface area contributed by atoms with Crippen LogP contribution in [0.15, 0.2) is 72.8 Å². The molecule has 67 heavy (non-hydrogen) atoms. The van der Waals surface area contributed by atoms with Crippen LogP contribution in [0.5, 0.6) is 17.2 Å². The van der Waals surface area contributed by atoms with Gasteiger partial charge in [0.25, 0.3) is 5.91 Å². The molecule has 366 valence electrons. The predicted molar refractivity (Wildman–Crippen MR) is 252 cm³/mol. The molecule has 5 amide bonds. The van der Waals surface area contributed by atoms with Crippen LogP contribution in [0.2, 0.25) is 0 Å².